The quantitative estimate of drug-likeness (QED) is 0.848. The van der Waals surface area contributed by atoms with Crippen molar-refractivity contribution >= 4 is 11.6 Å². The van der Waals surface area contributed by atoms with Gasteiger partial charge in [-0.2, -0.15) is 0 Å². The Hall–Kier alpha value is -2.77. The van der Waals surface area contributed by atoms with Gasteiger partial charge in [-0.3, -0.25) is 4.79 Å². The molecular weight excluding hydrogens is 264 g/mol. The number of benzene rings is 2. The van der Waals surface area contributed by atoms with Crippen LogP contribution >= 0.6 is 0 Å². The molecule has 1 amide bonds. The third-order valence-electron chi connectivity index (χ3n) is 2.84. The minimum Gasteiger partial charge on any atom is -0.495 e. The van der Waals surface area contributed by atoms with Crippen molar-refractivity contribution in [2.45, 2.75) is 0 Å². The molecule has 0 bridgehead atoms. The van der Waals surface area contributed by atoms with Crippen LogP contribution in [0.3, 0.4) is 0 Å². The Kier molecular flexibility index (Phi) is 4.97. The van der Waals surface area contributed by atoms with Gasteiger partial charge >= 0.3 is 0 Å². The van der Waals surface area contributed by atoms with Gasteiger partial charge in [0.2, 0.25) is 0 Å². The summed E-state index contributed by atoms with van der Waals surface area (Å²) in [6, 6.07) is 14.3. The van der Waals surface area contributed by atoms with Gasteiger partial charge in [0.1, 0.15) is 5.75 Å². The first kappa shape index (κ1) is 14.6. The van der Waals surface area contributed by atoms with Crippen molar-refractivity contribution in [1.29, 1.82) is 0 Å². The number of anilines is 1. The van der Waals surface area contributed by atoms with Crippen molar-refractivity contribution in [2.75, 3.05) is 19.0 Å². The van der Waals surface area contributed by atoms with E-state index in [4.69, 9.17) is 10.5 Å². The summed E-state index contributed by atoms with van der Waals surface area (Å²) in [5.74, 6) is 6.11. The Balaban J connectivity index is 2.13. The monoisotopic (exact) mass is 280 g/mol. The minimum atomic E-state index is -0.196. The lowest BCUT2D eigenvalue weighted by atomic mass is 10.1. The highest BCUT2D eigenvalue weighted by Gasteiger charge is 2.08. The highest BCUT2D eigenvalue weighted by molar-refractivity contribution is 6.05. The van der Waals surface area contributed by atoms with Crippen molar-refractivity contribution in [3.8, 4) is 17.6 Å². The number of amides is 1. The van der Waals surface area contributed by atoms with Crippen LogP contribution in [0.2, 0.25) is 0 Å². The average Bonchev–Trinajstić information content (AvgIpc) is 2.54. The summed E-state index contributed by atoms with van der Waals surface area (Å²) in [7, 11) is 1.57. The number of carbonyl (C=O) groups is 1. The zero-order chi connectivity index (χ0) is 15.1. The molecule has 0 fully saturated rings. The molecule has 4 nitrogen and oxygen atoms in total. The molecule has 21 heavy (non-hydrogen) atoms. The first-order valence-corrected chi connectivity index (χ1v) is 6.48. The lowest BCUT2D eigenvalue weighted by Crippen LogP contribution is -2.12. The van der Waals surface area contributed by atoms with Crippen LogP contribution in [0.5, 0.6) is 5.75 Å². The molecule has 0 unspecified atom stereocenters. The highest BCUT2D eigenvalue weighted by atomic mass is 16.5. The number of ether oxygens (including phenoxy) is 1. The summed E-state index contributed by atoms with van der Waals surface area (Å²) in [6.07, 6.45) is 0. The fourth-order valence-corrected chi connectivity index (χ4v) is 1.80. The number of hydrogen-bond donors (Lipinski definition) is 2. The Labute approximate surface area is 123 Å². The van der Waals surface area contributed by atoms with Gasteiger partial charge in [-0.1, -0.05) is 24.0 Å². The molecule has 0 aliphatic carbocycles. The van der Waals surface area contributed by atoms with Crippen molar-refractivity contribution in [2.24, 2.45) is 5.73 Å². The van der Waals surface area contributed by atoms with E-state index in [1.54, 1.807) is 43.5 Å². The van der Waals surface area contributed by atoms with E-state index in [1.807, 2.05) is 12.1 Å². The molecule has 0 radical (unpaired) electrons. The van der Waals surface area contributed by atoms with Crippen LogP contribution in [-0.2, 0) is 0 Å². The number of para-hydroxylation sites is 2. The normalized spacial score (nSPS) is 9.43. The molecule has 3 N–H and O–H groups in total. The van der Waals surface area contributed by atoms with Crippen LogP contribution in [0, 0.1) is 11.8 Å². The van der Waals surface area contributed by atoms with Gasteiger partial charge in [-0.05, 0) is 36.4 Å². The van der Waals surface area contributed by atoms with Crippen LogP contribution in [0.1, 0.15) is 15.9 Å². The van der Waals surface area contributed by atoms with Crippen molar-refractivity contribution in [3.05, 3.63) is 59.7 Å². The van der Waals surface area contributed by atoms with Crippen molar-refractivity contribution < 1.29 is 9.53 Å². The second kappa shape index (κ2) is 7.13. The SMILES string of the molecule is COc1ccccc1NC(=O)c1ccc(C#CCN)cc1. The molecule has 0 spiro atoms. The van der Waals surface area contributed by atoms with E-state index in [-0.39, 0.29) is 5.91 Å². The summed E-state index contributed by atoms with van der Waals surface area (Å²) < 4.78 is 5.20. The Bertz CT molecular complexity index is 682. The molecule has 0 saturated carbocycles. The Morgan fingerprint density at radius 1 is 1.19 bits per heavy atom. The zero-order valence-corrected chi connectivity index (χ0v) is 11.7. The van der Waals surface area contributed by atoms with E-state index in [0.29, 0.717) is 23.5 Å². The molecule has 0 atom stereocenters. The molecule has 106 valence electrons. The zero-order valence-electron chi connectivity index (χ0n) is 11.7. The Morgan fingerprint density at radius 3 is 2.57 bits per heavy atom. The lowest BCUT2D eigenvalue weighted by Gasteiger charge is -2.09. The van der Waals surface area contributed by atoms with Crippen molar-refractivity contribution in [1.82, 2.24) is 0 Å². The third kappa shape index (κ3) is 3.85. The summed E-state index contributed by atoms with van der Waals surface area (Å²) in [5.41, 5.74) is 7.34. The number of methoxy groups -OCH3 is 1. The molecule has 0 aliphatic heterocycles. The van der Waals surface area contributed by atoms with Crippen LogP contribution in [0.25, 0.3) is 0 Å². The van der Waals surface area contributed by atoms with E-state index in [2.05, 4.69) is 17.2 Å². The van der Waals surface area contributed by atoms with E-state index < -0.39 is 0 Å². The second-order valence-electron chi connectivity index (χ2n) is 4.24. The van der Waals surface area contributed by atoms with E-state index in [9.17, 15) is 4.79 Å². The van der Waals surface area contributed by atoms with Crippen LogP contribution in [0.15, 0.2) is 48.5 Å². The molecule has 2 aromatic carbocycles. The number of nitrogens with one attached hydrogen (secondary N) is 1. The van der Waals surface area contributed by atoms with E-state index in [0.717, 1.165) is 5.56 Å². The lowest BCUT2D eigenvalue weighted by molar-refractivity contribution is 0.102. The van der Waals surface area contributed by atoms with Gasteiger partial charge in [-0.25, -0.2) is 0 Å². The number of carbonyl (C=O) groups excluding carboxylic acids is 1. The Morgan fingerprint density at radius 2 is 1.90 bits per heavy atom. The van der Waals surface area contributed by atoms with Gasteiger partial charge in [-0.15, -0.1) is 0 Å². The standard InChI is InChI=1S/C17H16N2O2/c1-21-16-7-3-2-6-15(16)19-17(20)14-10-8-13(9-11-14)5-4-12-18/h2-3,6-11H,12,18H2,1H3,(H,19,20). The van der Waals surface area contributed by atoms with Gasteiger partial charge in [0.25, 0.3) is 5.91 Å². The van der Waals surface area contributed by atoms with Gasteiger partial charge in [0, 0.05) is 11.1 Å². The summed E-state index contributed by atoms with van der Waals surface area (Å²) >= 11 is 0. The van der Waals surface area contributed by atoms with Crippen molar-refractivity contribution in [3.63, 3.8) is 0 Å². The van der Waals surface area contributed by atoms with Crippen LogP contribution in [0.4, 0.5) is 5.69 Å². The maximum atomic E-state index is 12.2. The molecular formula is C17H16N2O2. The van der Waals surface area contributed by atoms with Crippen LogP contribution in [-0.4, -0.2) is 19.6 Å². The number of rotatable bonds is 3. The first-order valence-electron chi connectivity index (χ1n) is 6.48. The third-order valence-corrected chi connectivity index (χ3v) is 2.84. The second-order valence-corrected chi connectivity index (χ2v) is 4.24. The number of nitrogens with two attached hydrogens (primary N) is 1. The summed E-state index contributed by atoms with van der Waals surface area (Å²) in [5, 5.41) is 2.82. The smallest absolute Gasteiger partial charge is 0.255 e. The molecule has 2 aromatic rings. The maximum absolute atomic E-state index is 12.2. The molecule has 0 heterocycles. The predicted octanol–water partition coefficient (Wildman–Crippen LogP) is 2.26. The molecule has 2 rings (SSSR count). The van der Waals surface area contributed by atoms with Gasteiger partial charge < -0.3 is 15.8 Å². The van der Waals surface area contributed by atoms with Gasteiger partial charge in [0.15, 0.2) is 0 Å². The topological polar surface area (TPSA) is 64.3 Å². The van der Waals surface area contributed by atoms with E-state index >= 15 is 0 Å². The maximum Gasteiger partial charge on any atom is 0.255 e. The summed E-state index contributed by atoms with van der Waals surface area (Å²) in [6.45, 7) is 0.316. The first-order chi connectivity index (χ1) is 10.2. The largest absolute Gasteiger partial charge is 0.495 e. The van der Waals surface area contributed by atoms with E-state index in [1.165, 1.54) is 0 Å². The average molecular weight is 280 g/mol. The fraction of sp³-hybridized carbons (Fsp3) is 0.118. The number of hydrogen-bond acceptors (Lipinski definition) is 3. The molecule has 4 heteroatoms. The summed E-state index contributed by atoms with van der Waals surface area (Å²) in [4.78, 5) is 12.2. The molecule has 0 aromatic heterocycles. The van der Waals surface area contributed by atoms with Crippen LogP contribution < -0.4 is 15.8 Å². The molecule has 0 aliphatic rings. The predicted molar refractivity (Wildman–Crippen MR) is 83.3 cm³/mol. The fourth-order valence-electron chi connectivity index (χ4n) is 1.80. The minimum absolute atomic E-state index is 0.196. The molecule has 0 saturated heterocycles. The highest BCUT2D eigenvalue weighted by Crippen LogP contribution is 2.23. The van der Waals surface area contributed by atoms with Gasteiger partial charge in [0.05, 0.1) is 19.3 Å².